The summed E-state index contributed by atoms with van der Waals surface area (Å²) in [7, 11) is -2.00. The van der Waals surface area contributed by atoms with Crippen molar-refractivity contribution in [2.24, 2.45) is 7.05 Å². The van der Waals surface area contributed by atoms with Crippen molar-refractivity contribution in [3.05, 3.63) is 23.6 Å². The first-order valence-corrected chi connectivity index (χ1v) is 12.3. The Morgan fingerprint density at radius 3 is 2.76 bits per heavy atom. The van der Waals surface area contributed by atoms with Gasteiger partial charge in [0.2, 0.25) is 5.95 Å². The number of nitrogen functional groups attached to an aromatic ring is 1. The van der Waals surface area contributed by atoms with Gasteiger partial charge in [-0.2, -0.15) is 27.9 Å². The number of hydrogen-bond donors (Lipinski definition) is 3. The van der Waals surface area contributed by atoms with Crippen LogP contribution < -0.4 is 20.1 Å². The third-order valence-electron chi connectivity index (χ3n) is 5.85. The first kappa shape index (κ1) is 22.7. The van der Waals surface area contributed by atoms with Crippen LogP contribution >= 0.6 is 11.6 Å². The van der Waals surface area contributed by atoms with Gasteiger partial charge in [-0.1, -0.05) is 11.6 Å². The molecule has 0 saturated carbocycles. The van der Waals surface area contributed by atoms with Crippen molar-refractivity contribution in [1.82, 2.24) is 29.2 Å². The number of aryl methyl sites for hydroxylation is 1. The lowest BCUT2D eigenvalue weighted by molar-refractivity contribution is 0.0683. The van der Waals surface area contributed by atoms with Crippen molar-refractivity contribution in [2.45, 2.75) is 36.8 Å². The Balaban J connectivity index is 1.37. The van der Waals surface area contributed by atoms with E-state index in [0.717, 1.165) is 0 Å². The molecule has 0 radical (unpaired) electrons. The standard InChI is InChI=1S/C18H25ClN8O5S/c1-26-6-12(17(19)23-26)27(14-2-4-21-18(20)22-14)13-9-32-15-11(8-31-16(13)15)25-33(28,29)24-10-3-5-30-7-10/h2,4,6,10-11,13,15-16,24-25H,3,5,7-9H2,1H3,(H2,20,21,22)/t10?,11-,13+,15?,16?/m0/s1. The third-order valence-corrected chi connectivity index (χ3v) is 7.37. The highest BCUT2D eigenvalue weighted by Crippen LogP contribution is 2.39. The van der Waals surface area contributed by atoms with E-state index in [0.29, 0.717) is 31.1 Å². The van der Waals surface area contributed by atoms with Crippen LogP contribution in [0.5, 0.6) is 0 Å². The zero-order chi connectivity index (χ0) is 23.2. The second-order valence-corrected chi connectivity index (χ2v) is 10.0. The molecule has 180 valence electrons. The maximum Gasteiger partial charge on any atom is 0.277 e. The Kier molecular flexibility index (Phi) is 6.15. The molecule has 0 amide bonds. The lowest BCUT2D eigenvalue weighted by Gasteiger charge is -2.31. The highest BCUT2D eigenvalue weighted by molar-refractivity contribution is 7.87. The Hall–Kier alpha value is -2.07. The number of rotatable bonds is 7. The Morgan fingerprint density at radius 1 is 1.24 bits per heavy atom. The summed E-state index contributed by atoms with van der Waals surface area (Å²) >= 11 is 6.41. The highest BCUT2D eigenvalue weighted by atomic mass is 35.5. The molecule has 3 saturated heterocycles. The van der Waals surface area contributed by atoms with Crippen LogP contribution in [0.1, 0.15) is 6.42 Å². The van der Waals surface area contributed by atoms with Gasteiger partial charge in [-0.15, -0.1) is 0 Å². The molecule has 0 aromatic carbocycles. The van der Waals surface area contributed by atoms with Crippen molar-refractivity contribution in [3.63, 3.8) is 0 Å². The van der Waals surface area contributed by atoms with E-state index in [2.05, 4.69) is 24.5 Å². The molecule has 5 heterocycles. The van der Waals surface area contributed by atoms with Gasteiger partial charge in [0.25, 0.3) is 10.2 Å². The van der Waals surface area contributed by atoms with Gasteiger partial charge in [0.15, 0.2) is 5.15 Å². The molecule has 3 unspecified atom stereocenters. The quantitative estimate of drug-likeness (QED) is 0.445. The molecule has 0 bridgehead atoms. The fraction of sp³-hybridized carbons (Fsp3) is 0.611. The minimum atomic E-state index is -3.76. The van der Waals surface area contributed by atoms with Crippen molar-refractivity contribution in [3.8, 4) is 0 Å². The predicted molar refractivity (Wildman–Crippen MR) is 118 cm³/mol. The van der Waals surface area contributed by atoms with E-state index in [9.17, 15) is 8.42 Å². The van der Waals surface area contributed by atoms with Gasteiger partial charge in [0.1, 0.15) is 23.7 Å². The molecule has 15 heteroatoms. The lowest BCUT2D eigenvalue weighted by atomic mass is 10.1. The van der Waals surface area contributed by atoms with Crippen LogP contribution in [-0.4, -0.2) is 84.9 Å². The van der Waals surface area contributed by atoms with Crippen molar-refractivity contribution in [1.29, 1.82) is 0 Å². The molecule has 0 aliphatic carbocycles. The Morgan fingerprint density at radius 2 is 2.06 bits per heavy atom. The molecule has 4 N–H and O–H groups in total. The first-order chi connectivity index (χ1) is 15.8. The minimum absolute atomic E-state index is 0.105. The fourth-order valence-corrected chi connectivity index (χ4v) is 6.01. The summed E-state index contributed by atoms with van der Waals surface area (Å²) in [5.41, 5.74) is 6.42. The third kappa shape index (κ3) is 4.64. The Labute approximate surface area is 195 Å². The summed E-state index contributed by atoms with van der Waals surface area (Å²) in [6, 6.07) is 0.554. The highest BCUT2D eigenvalue weighted by Gasteiger charge is 2.51. The van der Waals surface area contributed by atoms with Crippen molar-refractivity contribution < 1.29 is 22.6 Å². The molecular weight excluding hydrogens is 476 g/mol. The van der Waals surface area contributed by atoms with Gasteiger partial charge in [-0.25, -0.2) is 4.98 Å². The zero-order valence-corrected chi connectivity index (χ0v) is 19.4. The van der Waals surface area contributed by atoms with Gasteiger partial charge in [-0.3, -0.25) is 4.68 Å². The molecule has 2 aromatic heterocycles. The average Bonchev–Trinajstić information content (AvgIpc) is 3.51. The van der Waals surface area contributed by atoms with E-state index in [1.807, 2.05) is 4.90 Å². The number of aromatic nitrogens is 4. The monoisotopic (exact) mass is 500 g/mol. The topological polar surface area (TPSA) is 159 Å². The van der Waals surface area contributed by atoms with Crippen LogP contribution in [0.2, 0.25) is 5.15 Å². The van der Waals surface area contributed by atoms with E-state index in [1.165, 1.54) is 0 Å². The zero-order valence-electron chi connectivity index (χ0n) is 17.8. The number of halogens is 1. The molecular formula is C18H25ClN8O5S. The largest absolute Gasteiger partial charge is 0.380 e. The van der Waals surface area contributed by atoms with E-state index in [1.54, 1.807) is 30.2 Å². The van der Waals surface area contributed by atoms with Crippen molar-refractivity contribution >= 4 is 39.3 Å². The summed E-state index contributed by atoms with van der Waals surface area (Å²) in [5.74, 6) is 0.607. The molecule has 2 aromatic rings. The van der Waals surface area contributed by atoms with Crippen LogP contribution in [-0.2, 0) is 31.5 Å². The number of fused-ring (bicyclic) bond motifs is 1. The summed E-state index contributed by atoms with van der Waals surface area (Å²) in [6.07, 6.45) is 3.00. The van der Waals surface area contributed by atoms with Gasteiger partial charge in [0, 0.05) is 32.1 Å². The second-order valence-electron chi connectivity index (χ2n) is 8.19. The molecule has 13 nitrogen and oxygen atoms in total. The molecule has 5 rings (SSSR count). The normalized spacial score (nSPS) is 29.5. The van der Waals surface area contributed by atoms with Gasteiger partial charge < -0.3 is 24.8 Å². The summed E-state index contributed by atoms with van der Waals surface area (Å²) in [5, 5.41) is 4.50. The van der Waals surface area contributed by atoms with Crippen LogP contribution in [0.3, 0.4) is 0 Å². The van der Waals surface area contributed by atoms with Crippen LogP contribution in [0, 0.1) is 0 Å². The molecule has 3 aliphatic heterocycles. The van der Waals surface area contributed by atoms with Gasteiger partial charge in [0.05, 0.1) is 31.9 Å². The lowest BCUT2D eigenvalue weighted by Crippen LogP contribution is -2.51. The number of nitrogens with one attached hydrogen (secondary N) is 2. The predicted octanol–water partition coefficient (Wildman–Crippen LogP) is -0.668. The molecule has 33 heavy (non-hydrogen) atoms. The first-order valence-electron chi connectivity index (χ1n) is 10.5. The van der Waals surface area contributed by atoms with Crippen molar-refractivity contribution in [2.75, 3.05) is 37.1 Å². The fourth-order valence-electron chi connectivity index (χ4n) is 4.46. The summed E-state index contributed by atoms with van der Waals surface area (Å²) in [4.78, 5) is 10.2. The average molecular weight is 501 g/mol. The molecule has 0 spiro atoms. The summed E-state index contributed by atoms with van der Waals surface area (Å²) < 4.78 is 49.4. The van der Waals surface area contributed by atoms with Crippen LogP contribution in [0.25, 0.3) is 0 Å². The Bertz CT molecular complexity index is 1110. The number of ether oxygens (including phenoxy) is 3. The second kappa shape index (κ2) is 8.94. The number of anilines is 3. The van der Waals surface area contributed by atoms with Gasteiger partial charge in [-0.05, 0) is 12.5 Å². The SMILES string of the molecule is Cn1cc(N(c2ccnc(N)n2)[C@@H]2COC3C2OC[C@@H]3NS(=O)(=O)NC2CCOC2)c(Cl)n1. The number of nitrogens with two attached hydrogens (primary N) is 1. The number of hydrogen-bond acceptors (Lipinski definition) is 10. The molecule has 5 atom stereocenters. The smallest absolute Gasteiger partial charge is 0.277 e. The maximum absolute atomic E-state index is 12.6. The number of nitrogens with zero attached hydrogens (tertiary/aromatic N) is 5. The molecule has 3 aliphatic rings. The minimum Gasteiger partial charge on any atom is -0.380 e. The summed E-state index contributed by atoms with van der Waals surface area (Å²) in [6.45, 7) is 1.31. The van der Waals surface area contributed by atoms with E-state index >= 15 is 0 Å². The van der Waals surface area contributed by atoms with Crippen LogP contribution in [0.4, 0.5) is 17.5 Å². The maximum atomic E-state index is 12.6. The van der Waals surface area contributed by atoms with E-state index in [4.69, 9.17) is 31.5 Å². The van der Waals surface area contributed by atoms with Gasteiger partial charge >= 0.3 is 0 Å². The molecule has 3 fully saturated rings. The van der Waals surface area contributed by atoms with Crippen LogP contribution in [0.15, 0.2) is 18.5 Å². The van der Waals surface area contributed by atoms with E-state index < -0.39 is 28.5 Å². The van der Waals surface area contributed by atoms with E-state index in [-0.39, 0.29) is 36.4 Å².